The molecule has 0 aromatic heterocycles. The SMILES string of the molecule is CCCNCc1ccc(F)c(-c2cc(C)c(F)cc2Cl)c1. The maximum atomic E-state index is 14.1. The average molecular weight is 310 g/mol. The van der Waals surface area contributed by atoms with Crippen LogP contribution in [0.2, 0.25) is 5.02 Å². The zero-order valence-corrected chi connectivity index (χ0v) is 12.9. The molecule has 0 saturated heterocycles. The minimum atomic E-state index is -0.384. The van der Waals surface area contributed by atoms with Gasteiger partial charge in [0, 0.05) is 17.7 Å². The van der Waals surface area contributed by atoms with Crippen LogP contribution in [0.5, 0.6) is 0 Å². The lowest BCUT2D eigenvalue weighted by Gasteiger charge is -2.11. The standard InChI is InChI=1S/C17H18ClF2N/c1-3-6-21-10-12-4-5-16(19)14(8-12)13-7-11(2)17(20)9-15(13)18/h4-5,7-9,21H,3,6,10H2,1-2H3. The molecule has 0 bridgehead atoms. The lowest BCUT2D eigenvalue weighted by atomic mass is 10.00. The van der Waals surface area contributed by atoms with E-state index in [1.165, 1.54) is 12.1 Å². The molecule has 112 valence electrons. The summed E-state index contributed by atoms with van der Waals surface area (Å²) >= 11 is 6.06. The first-order valence-electron chi connectivity index (χ1n) is 6.98. The largest absolute Gasteiger partial charge is 0.313 e. The summed E-state index contributed by atoms with van der Waals surface area (Å²) < 4.78 is 27.6. The van der Waals surface area contributed by atoms with Crippen LogP contribution in [0.25, 0.3) is 11.1 Å². The van der Waals surface area contributed by atoms with Crippen LogP contribution < -0.4 is 5.32 Å². The van der Waals surface area contributed by atoms with Crippen LogP contribution in [-0.2, 0) is 6.54 Å². The molecule has 2 aromatic rings. The Kier molecular flexibility index (Phi) is 5.32. The number of rotatable bonds is 5. The second-order valence-corrected chi connectivity index (χ2v) is 5.48. The van der Waals surface area contributed by atoms with Crippen molar-refractivity contribution in [2.75, 3.05) is 6.54 Å². The van der Waals surface area contributed by atoms with Crippen LogP contribution in [0, 0.1) is 18.6 Å². The van der Waals surface area contributed by atoms with Crippen molar-refractivity contribution in [1.29, 1.82) is 0 Å². The maximum Gasteiger partial charge on any atom is 0.131 e. The number of hydrogen-bond donors (Lipinski definition) is 1. The molecule has 0 unspecified atom stereocenters. The van der Waals surface area contributed by atoms with Crippen molar-refractivity contribution in [3.05, 3.63) is 58.1 Å². The van der Waals surface area contributed by atoms with Gasteiger partial charge in [0.25, 0.3) is 0 Å². The van der Waals surface area contributed by atoms with Gasteiger partial charge < -0.3 is 5.32 Å². The minimum absolute atomic E-state index is 0.218. The molecule has 0 aliphatic carbocycles. The first kappa shape index (κ1) is 15.9. The van der Waals surface area contributed by atoms with E-state index in [0.717, 1.165) is 18.5 Å². The zero-order valence-electron chi connectivity index (χ0n) is 12.1. The Balaban J connectivity index is 2.39. The molecule has 0 aliphatic rings. The molecule has 2 rings (SSSR count). The molecule has 0 radical (unpaired) electrons. The van der Waals surface area contributed by atoms with E-state index in [2.05, 4.69) is 12.2 Å². The summed E-state index contributed by atoms with van der Waals surface area (Å²) in [6.45, 7) is 5.30. The smallest absolute Gasteiger partial charge is 0.131 e. The van der Waals surface area contributed by atoms with E-state index in [1.807, 2.05) is 0 Å². The van der Waals surface area contributed by atoms with Crippen LogP contribution >= 0.6 is 11.6 Å². The fraction of sp³-hybridized carbons (Fsp3) is 0.294. The second-order valence-electron chi connectivity index (χ2n) is 5.07. The molecule has 0 amide bonds. The fourth-order valence-electron chi connectivity index (χ4n) is 2.16. The Hall–Kier alpha value is -1.45. The van der Waals surface area contributed by atoms with Crippen LogP contribution in [0.3, 0.4) is 0 Å². The third kappa shape index (κ3) is 3.80. The van der Waals surface area contributed by atoms with Crippen molar-refractivity contribution in [3.8, 4) is 11.1 Å². The zero-order chi connectivity index (χ0) is 15.4. The first-order valence-corrected chi connectivity index (χ1v) is 7.36. The van der Waals surface area contributed by atoms with Crippen molar-refractivity contribution in [2.24, 2.45) is 0 Å². The Morgan fingerprint density at radius 2 is 1.81 bits per heavy atom. The van der Waals surface area contributed by atoms with E-state index in [4.69, 9.17) is 11.6 Å². The Morgan fingerprint density at radius 1 is 1.05 bits per heavy atom. The van der Waals surface area contributed by atoms with Crippen molar-refractivity contribution in [2.45, 2.75) is 26.8 Å². The number of aryl methyl sites for hydroxylation is 1. The lowest BCUT2D eigenvalue weighted by molar-refractivity contribution is 0.617. The van der Waals surface area contributed by atoms with Gasteiger partial charge in [-0.2, -0.15) is 0 Å². The third-order valence-electron chi connectivity index (χ3n) is 3.33. The number of benzene rings is 2. The number of hydrogen-bond acceptors (Lipinski definition) is 1. The summed E-state index contributed by atoms with van der Waals surface area (Å²) in [5.41, 5.74) is 2.34. The van der Waals surface area contributed by atoms with Gasteiger partial charge in [0.2, 0.25) is 0 Å². The van der Waals surface area contributed by atoms with Gasteiger partial charge in [-0.15, -0.1) is 0 Å². The summed E-state index contributed by atoms with van der Waals surface area (Å²) in [6.07, 6.45) is 1.04. The molecule has 0 atom stereocenters. The van der Waals surface area contributed by atoms with E-state index >= 15 is 0 Å². The molecule has 0 heterocycles. The molecular formula is C17H18ClF2N. The lowest BCUT2D eigenvalue weighted by Crippen LogP contribution is -2.13. The maximum absolute atomic E-state index is 14.1. The van der Waals surface area contributed by atoms with E-state index in [-0.39, 0.29) is 16.7 Å². The third-order valence-corrected chi connectivity index (χ3v) is 3.64. The fourth-order valence-corrected chi connectivity index (χ4v) is 2.41. The van der Waals surface area contributed by atoms with Crippen LogP contribution in [0.1, 0.15) is 24.5 Å². The summed E-state index contributed by atoms with van der Waals surface area (Å²) in [5, 5.41) is 3.49. The number of halogens is 3. The van der Waals surface area contributed by atoms with E-state index in [0.29, 0.717) is 23.2 Å². The molecule has 0 fully saturated rings. The van der Waals surface area contributed by atoms with E-state index in [1.54, 1.807) is 25.1 Å². The monoisotopic (exact) mass is 309 g/mol. The predicted molar refractivity (Wildman–Crippen MR) is 83.5 cm³/mol. The Bertz CT molecular complexity index is 641. The molecule has 0 saturated carbocycles. The predicted octanol–water partition coefficient (Wildman–Crippen LogP) is 5.09. The number of nitrogens with one attached hydrogen (secondary N) is 1. The van der Waals surface area contributed by atoms with Gasteiger partial charge in [0.1, 0.15) is 11.6 Å². The normalized spacial score (nSPS) is 10.9. The Morgan fingerprint density at radius 3 is 2.52 bits per heavy atom. The first-order chi connectivity index (χ1) is 10.0. The summed E-state index contributed by atoms with van der Waals surface area (Å²) in [7, 11) is 0. The van der Waals surface area contributed by atoms with Crippen molar-refractivity contribution in [3.63, 3.8) is 0 Å². The van der Waals surface area contributed by atoms with Gasteiger partial charge in [-0.1, -0.05) is 24.6 Å². The quantitative estimate of drug-likeness (QED) is 0.758. The van der Waals surface area contributed by atoms with E-state index < -0.39 is 0 Å². The highest BCUT2D eigenvalue weighted by atomic mass is 35.5. The molecule has 2 aromatic carbocycles. The molecule has 0 aliphatic heterocycles. The van der Waals surface area contributed by atoms with Gasteiger partial charge in [0.05, 0.1) is 5.02 Å². The van der Waals surface area contributed by atoms with Crippen LogP contribution in [0.4, 0.5) is 8.78 Å². The minimum Gasteiger partial charge on any atom is -0.313 e. The molecule has 1 nitrogen and oxygen atoms in total. The van der Waals surface area contributed by atoms with Gasteiger partial charge in [-0.05, 0) is 55.3 Å². The van der Waals surface area contributed by atoms with Gasteiger partial charge in [0.15, 0.2) is 0 Å². The van der Waals surface area contributed by atoms with Gasteiger partial charge >= 0.3 is 0 Å². The van der Waals surface area contributed by atoms with Gasteiger partial charge in [-0.25, -0.2) is 8.78 Å². The highest BCUT2D eigenvalue weighted by Gasteiger charge is 2.12. The second kappa shape index (κ2) is 7.01. The van der Waals surface area contributed by atoms with Crippen molar-refractivity contribution >= 4 is 11.6 Å². The Labute approximate surface area is 128 Å². The molecule has 1 N–H and O–H groups in total. The highest BCUT2D eigenvalue weighted by Crippen LogP contribution is 2.32. The highest BCUT2D eigenvalue weighted by molar-refractivity contribution is 6.33. The van der Waals surface area contributed by atoms with E-state index in [9.17, 15) is 8.78 Å². The molecule has 0 spiro atoms. The molecular weight excluding hydrogens is 292 g/mol. The molecule has 4 heteroatoms. The van der Waals surface area contributed by atoms with Crippen LogP contribution in [0.15, 0.2) is 30.3 Å². The topological polar surface area (TPSA) is 12.0 Å². The van der Waals surface area contributed by atoms with Crippen LogP contribution in [-0.4, -0.2) is 6.54 Å². The summed E-state index contributed by atoms with van der Waals surface area (Å²) in [6, 6.07) is 7.74. The average Bonchev–Trinajstić information content (AvgIpc) is 2.45. The molecule has 21 heavy (non-hydrogen) atoms. The summed E-state index contributed by atoms with van der Waals surface area (Å²) in [4.78, 5) is 0. The van der Waals surface area contributed by atoms with Crippen molar-refractivity contribution in [1.82, 2.24) is 5.32 Å². The van der Waals surface area contributed by atoms with Crippen molar-refractivity contribution < 1.29 is 8.78 Å². The van der Waals surface area contributed by atoms with Gasteiger partial charge in [-0.3, -0.25) is 0 Å². The summed E-state index contributed by atoms with van der Waals surface area (Å²) in [5.74, 6) is -0.743.